The molecule has 0 fully saturated rings. The minimum absolute atomic E-state index is 0.0621. The molecule has 3 heteroatoms. The Hall–Kier alpha value is -7.23. The Balaban J connectivity index is 1.19. The lowest BCUT2D eigenvalue weighted by atomic mass is 9.93. The van der Waals surface area contributed by atoms with Gasteiger partial charge in [-0.3, -0.25) is 0 Å². The van der Waals surface area contributed by atoms with Crippen molar-refractivity contribution in [1.82, 2.24) is 15.0 Å². The summed E-state index contributed by atoms with van der Waals surface area (Å²) in [6, 6.07) is 49.4. The smallest absolute Gasteiger partial charge is 0.164 e. The maximum atomic E-state index is 9.41. The molecule has 0 radical (unpaired) electrons. The molecule has 10 aromatic rings. The highest BCUT2D eigenvalue weighted by Crippen LogP contribution is 2.36. The number of aromatic nitrogens is 3. The van der Waals surface area contributed by atoms with Crippen molar-refractivity contribution in [2.45, 2.75) is 0 Å². The van der Waals surface area contributed by atoms with Gasteiger partial charge in [-0.1, -0.05) is 158 Å². The molecule has 0 aliphatic carbocycles. The minimum atomic E-state index is -0.513. The number of benzene rings is 9. The molecule has 9 aromatic carbocycles. The third kappa shape index (κ3) is 6.08. The van der Waals surface area contributed by atoms with Gasteiger partial charge in [-0.2, -0.15) is 0 Å². The molecule has 0 unspecified atom stereocenters. The molecule has 0 saturated heterocycles. The van der Waals surface area contributed by atoms with E-state index in [-0.39, 0.29) is 34.5 Å². The first kappa shape index (κ1) is 24.9. The van der Waals surface area contributed by atoms with E-state index in [9.17, 15) is 2.74 Å². The molecule has 0 amide bonds. The quantitative estimate of drug-likeness (QED) is 0.174. The fourth-order valence-electron chi connectivity index (χ4n) is 6.90. The molecular formula is C51H33N3. The van der Waals surface area contributed by atoms with Crippen LogP contribution in [-0.4, -0.2) is 15.0 Å². The third-order valence-corrected chi connectivity index (χ3v) is 9.69. The van der Waals surface area contributed by atoms with Gasteiger partial charge in [0, 0.05) is 16.7 Å². The molecule has 0 atom stereocenters. The average Bonchev–Trinajstić information content (AvgIpc) is 3.31. The number of fused-ring (bicyclic) bond motifs is 3. The predicted molar refractivity (Wildman–Crippen MR) is 225 cm³/mol. The van der Waals surface area contributed by atoms with Gasteiger partial charge in [-0.05, 0) is 108 Å². The second-order valence-corrected chi connectivity index (χ2v) is 13.2. The van der Waals surface area contributed by atoms with Gasteiger partial charge in [-0.15, -0.1) is 0 Å². The molecule has 0 saturated carbocycles. The standard InChI is InChI=1S/C51H33N3/c1-3-13-36(14-4-1)49-52-50(37-15-5-2-6-16-37)54-51(53-49)48-32-46(44-22-20-35-12-8-10-18-39(35)28-44)31-47(33-48)45-26-25-42-29-41(23-24-43(42)30-45)40-21-19-34-11-7-9-17-38(34)27-40/h1-33H/i8D,10D,12D,18D,20D,22D,28D. The van der Waals surface area contributed by atoms with Crippen molar-refractivity contribution in [3.8, 4) is 67.5 Å². The number of nitrogens with zero attached hydrogens (tertiary/aromatic N) is 3. The molecule has 0 aliphatic heterocycles. The lowest BCUT2D eigenvalue weighted by Crippen LogP contribution is -2.00. The monoisotopic (exact) mass is 694 g/mol. The van der Waals surface area contributed by atoms with Crippen LogP contribution in [0, 0.1) is 0 Å². The minimum Gasteiger partial charge on any atom is -0.208 e. The maximum Gasteiger partial charge on any atom is 0.164 e. The molecule has 0 bridgehead atoms. The summed E-state index contributed by atoms with van der Waals surface area (Å²) < 4.78 is 61.6. The summed E-state index contributed by atoms with van der Waals surface area (Å²) in [4.78, 5) is 14.8. The van der Waals surface area contributed by atoms with Crippen LogP contribution in [0.2, 0.25) is 0 Å². The molecule has 10 rings (SSSR count). The van der Waals surface area contributed by atoms with Crippen LogP contribution in [0.4, 0.5) is 0 Å². The number of hydrogen-bond acceptors (Lipinski definition) is 3. The van der Waals surface area contributed by atoms with Gasteiger partial charge < -0.3 is 0 Å². The maximum absolute atomic E-state index is 9.41. The summed E-state index contributed by atoms with van der Waals surface area (Å²) in [5.74, 6) is 1.27. The van der Waals surface area contributed by atoms with E-state index < -0.39 is 24.2 Å². The first-order chi connectivity index (χ1) is 29.6. The summed E-state index contributed by atoms with van der Waals surface area (Å²) in [5, 5.41) is 4.14. The molecule has 3 nitrogen and oxygen atoms in total. The zero-order chi connectivity index (χ0) is 41.9. The predicted octanol–water partition coefficient (Wildman–Crippen LogP) is 13.3. The van der Waals surface area contributed by atoms with Crippen molar-refractivity contribution in [1.29, 1.82) is 0 Å². The van der Waals surface area contributed by atoms with Crippen LogP contribution < -0.4 is 0 Å². The van der Waals surface area contributed by atoms with E-state index >= 15 is 0 Å². The van der Waals surface area contributed by atoms with Crippen molar-refractivity contribution in [2.75, 3.05) is 0 Å². The number of rotatable bonds is 6. The van der Waals surface area contributed by atoms with E-state index in [0.717, 1.165) is 44.2 Å². The van der Waals surface area contributed by atoms with E-state index in [4.69, 9.17) is 21.8 Å². The second-order valence-electron chi connectivity index (χ2n) is 13.2. The van der Waals surface area contributed by atoms with E-state index in [0.29, 0.717) is 28.6 Å². The lowest BCUT2D eigenvalue weighted by molar-refractivity contribution is 1.07. The van der Waals surface area contributed by atoms with Crippen molar-refractivity contribution in [3.05, 3.63) is 200 Å². The average molecular weight is 695 g/mol. The molecular weight excluding hydrogens is 655 g/mol. The van der Waals surface area contributed by atoms with Gasteiger partial charge >= 0.3 is 0 Å². The Bertz CT molecular complexity index is 3340. The Labute approximate surface area is 323 Å². The molecule has 1 heterocycles. The van der Waals surface area contributed by atoms with Crippen LogP contribution in [-0.2, 0) is 0 Å². The Morgan fingerprint density at radius 2 is 0.722 bits per heavy atom. The molecule has 54 heavy (non-hydrogen) atoms. The molecule has 0 aliphatic rings. The summed E-state index contributed by atoms with van der Waals surface area (Å²) in [7, 11) is 0. The van der Waals surface area contributed by atoms with Gasteiger partial charge in [0.15, 0.2) is 17.5 Å². The Kier molecular flexibility index (Phi) is 6.17. The summed E-state index contributed by atoms with van der Waals surface area (Å²) in [6.07, 6.45) is 0. The van der Waals surface area contributed by atoms with Crippen LogP contribution in [0.1, 0.15) is 9.60 Å². The zero-order valence-corrected chi connectivity index (χ0v) is 28.9. The van der Waals surface area contributed by atoms with Crippen molar-refractivity contribution in [2.24, 2.45) is 0 Å². The molecule has 252 valence electrons. The van der Waals surface area contributed by atoms with Gasteiger partial charge in [0.05, 0.1) is 9.60 Å². The van der Waals surface area contributed by atoms with Crippen LogP contribution in [0.3, 0.4) is 0 Å². The van der Waals surface area contributed by atoms with Crippen molar-refractivity contribution in [3.63, 3.8) is 0 Å². The summed E-state index contributed by atoms with van der Waals surface area (Å²) in [6.45, 7) is 0. The van der Waals surface area contributed by atoms with Crippen LogP contribution >= 0.6 is 0 Å². The SMILES string of the molecule is [2H]c1c([2H])c([2H])c2c([2H])c(-c3cc(-c4ccc5cc(-c6ccc7ccccc7c6)ccc5c4)cc(-c4nc(-c5ccccc5)nc(-c5ccccc5)n4)c3)c([2H])c([2H])c2c1[2H]. The largest absolute Gasteiger partial charge is 0.208 e. The third-order valence-electron chi connectivity index (χ3n) is 9.69. The lowest BCUT2D eigenvalue weighted by Gasteiger charge is -2.13. The van der Waals surface area contributed by atoms with E-state index in [2.05, 4.69) is 60.7 Å². The van der Waals surface area contributed by atoms with Gasteiger partial charge in [-0.25, -0.2) is 15.0 Å². The summed E-state index contributed by atoms with van der Waals surface area (Å²) in [5.41, 5.74) is 6.42. The van der Waals surface area contributed by atoms with Gasteiger partial charge in [0.2, 0.25) is 0 Å². The second kappa shape index (κ2) is 13.4. The first-order valence-electron chi connectivity index (χ1n) is 21.2. The van der Waals surface area contributed by atoms with Crippen LogP contribution in [0.5, 0.6) is 0 Å². The Morgan fingerprint density at radius 1 is 0.278 bits per heavy atom. The van der Waals surface area contributed by atoms with Gasteiger partial charge in [0.1, 0.15) is 0 Å². The highest BCUT2D eigenvalue weighted by atomic mass is 15.0. The normalized spacial score (nSPS) is 13.1. The van der Waals surface area contributed by atoms with Gasteiger partial charge in [0.25, 0.3) is 0 Å². The highest BCUT2D eigenvalue weighted by molar-refractivity contribution is 5.94. The van der Waals surface area contributed by atoms with Crippen molar-refractivity contribution >= 4 is 32.3 Å². The Morgan fingerprint density at radius 3 is 1.33 bits per heavy atom. The van der Waals surface area contributed by atoms with Crippen LogP contribution in [0.25, 0.3) is 99.9 Å². The van der Waals surface area contributed by atoms with Crippen molar-refractivity contribution < 1.29 is 9.60 Å². The first-order valence-corrected chi connectivity index (χ1v) is 17.7. The summed E-state index contributed by atoms with van der Waals surface area (Å²) >= 11 is 0. The van der Waals surface area contributed by atoms with Crippen LogP contribution in [0.15, 0.2) is 200 Å². The fourth-order valence-corrected chi connectivity index (χ4v) is 6.90. The fraction of sp³-hybridized carbons (Fsp3) is 0. The molecule has 0 N–H and O–H groups in total. The topological polar surface area (TPSA) is 38.7 Å². The van der Waals surface area contributed by atoms with E-state index in [1.807, 2.05) is 91.0 Å². The molecule has 1 aromatic heterocycles. The van der Waals surface area contributed by atoms with E-state index in [1.54, 1.807) is 6.07 Å². The van der Waals surface area contributed by atoms with E-state index in [1.165, 1.54) is 10.8 Å². The highest BCUT2D eigenvalue weighted by Gasteiger charge is 2.15. The number of hydrogen-bond donors (Lipinski definition) is 0. The zero-order valence-electron chi connectivity index (χ0n) is 35.9. The molecule has 0 spiro atoms.